The van der Waals surface area contributed by atoms with E-state index in [1.165, 1.54) is 13.8 Å². The molecular weight excluding hydrogens is 484 g/mol. The molecule has 10 heteroatoms. The van der Waals surface area contributed by atoms with Crippen LogP contribution in [-0.2, 0) is 33.4 Å². The number of carbonyl (C=O) groups is 5. The highest BCUT2D eigenvalue weighted by atomic mass is 16.6. The normalized spacial score (nSPS) is 20.4. The highest BCUT2D eigenvalue weighted by Gasteiger charge is 2.36. The van der Waals surface area contributed by atoms with Crippen molar-refractivity contribution in [3.05, 3.63) is 11.1 Å². The van der Waals surface area contributed by atoms with Gasteiger partial charge in [-0.3, -0.25) is 9.59 Å². The number of ether oxygens (including phenoxy) is 2. The van der Waals surface area contributed by atoms with Crippen molar-refractivity contribution in [3.63, 3.8) is 0 Å². The Bertz CT molecular complexity index is 863. The van der Waals surface area contributed by atoms with Crippen molar-refractivity contribution in [3.8, 4) is 0 Å². The Morgan fingerprint density at radius 2 is 1.54 bits per heavy atom. The number of hydrogen-bond acceptors (Lipinski definition) is 10. The number of esters is 3. The fourth-order valence-electron chi connectivity index (χ4n) is 4.36. The lowest BCUT2D eigenvalue weighted by Crippen LogP contribution is -2.36. The fraction of sp³-hybridized carbons (Fsp3) is 0.741. The van der Waals surface area contributed by atoms with Crippen LogP contribution in [0.1, 0.15) is 80.1 Å². The van der Waals surface area contributed by atoms with Gasteiger partial charge in [0.25, 0.3) is 0 Å². The van der Waals surface area contributed by atoms with Crippen LogP contribution in [0.15, 0.2) is 11.1 Å². The number of cyclic esters (lactones) is 2. The summed E-state index contributed by atoms with van der Waals surface area (Å²) in [4.78, 5) is 58.6. The summed E-state index contributed by atoms with van der Waals surface area (Å²) < 4.78 is 9.67. The van der Waals surface area contributed by atoms with Gasteiger partial charge in [0.1, 0.15) is 18.2 Å². The van der Waals surface area contributed by atoms with Gasteiger partial charge in [0.05, 0.1) is 30.3 Å². The van der Waals surface area contributed by atoms with E-state index >= 15 is 0 Å². The first-order valence-corrected chi connectivity index (χ1v) is 12.9. The van der Waals surface area contributed by atoms with Crippen LogP contribution in [0.3, 0.4) is 0 Å². The molecule has 1 aliphatic rings. The molecule has 0 aliphatic carbocycles. The molecule has 0 amide bonds. The molecular formula is C27H42O10. The SMILES string of the molecule is CC1=C(C(O)CC(=O)OC(C)C(C)C(O)CC(=O)C(C)C(O)CCC(C)CC(C)CC=O)C(=O)OC1=O. The Morgan fingerprint density at radius 3 is 2.08 bits per heavy atom. The number of aliphatic hydroxyl groups excluding tert-OH is 3. The van der Waals surface area contributed by atoms with Gasteiger partial charge in [0, 0.05) is 30.3 Å². The average Bonchev–Trinajstić information content (AvgIpc) is 3.06. The van der Waals surface area contributed by atoms with Crippen LogP contribution in [0.25, 0.3) is 0 Å². The summed E-state index contributed by atoms with van der Waals surface area (Å²) in [6.45, 7) is 10.1. The van der Waals surface area contributed by atoms with Crippen molar-refractivity contribution in [1.82, 2.24) is 0 Å². The maximum absolute atomic E-state index is 12.7. The van der Waals surface area contributed by atoms with E-state index in [2.05, 4.69) is 4.74 Å². The monoisotopic (exact) mass is 526 g/mol. The molecule has 8 atom stereocenters. The molecule has 0 aromatic carbocycles. The van der Waals surface area contributed by atoms with Crippen molar-refractivity contribution < 1.29 is 48.8 Å². The number of carbonyl (C=O) groups excluding carboxylic acids is 5. The van der Waals surface area contributed by atoms with Crippen molar-refractivity contribution in [2.45, 2.75) is 104 Å². The van der Waals surface area contributed by atoms with E-state index in [1.54, 1.807) is 13.8 Å². The van der Waals surface area contributed by atoms with E-state index in [0.29, 0.717) is 25.2 Å². The Labute approximate surface area is 218 Å². The van der Waals surface area contributed by atoms with Crippen molar-refractivity contribution in [2.24, 2.45) is 23.7 Å². The fourth-order valence-corrected chi connectivity index (χ4v) is 4.36. The first-order valence-electron chi connectivity index (χ1n) is 12.9. The maximum atomic E-state index is 12.7. The third-order valence-electron chi connectivity index (χ3n) is 7.23. The van der Waals surface area contributed by atoms with Crippen LogP contribution in [0.4, 0.5) is 0 Å². The molecule has 0 radical (unpaired) electrons. The summed E-state index contributed by atoms with van der Waals surface area (Å²) in [7, 11) is 0. The summed E-state index contributed by atoms with van der Waals surface area (Å²) in [5.74, 6) is -3.78. The van der Waals surface area contributed by atoms with Crippen LogP contribution in [0.2, 0.25) is 0 Å². The van der Waals surface area contributed by atoms with Crippen LogP contribution in [0.5, 0.6) is 0 Å². The van der Waals surface area contributed by atoms with Crippen molar-refractivity contribution >= 4 is 30.0 Å². The first-order chi connectivity index (χ1) is 17.2. The molecule has 37 heavy (non-hydrogen) atoms. The lowest BCUT2D eigenvalue weighted by Gasteiger charge is -2.27. The van der Waals surface area contributed by atoms with Crippen molar-refractivity contribution in [2.75, 3.05) is 0 Å². The predicted octanol–water partition coefficient (Wildman–Crippen LogP) is 2.05. The first kappa shape index (κ1) is 32.6. The predicted molar refractivity (Wildman–Crippen MR) is 133 cm³/mol. The number of Topliss-reactive ketones (excluding diaryl/α,β-unsaturated/α-hetero) is 1. The smallest absolute Gasteiger partial charge is 0.345 e. The van der Waals surface area contributed by atoms with E-state index in [4.69, 9.17) is 4.74 Å². The standard InChI is InChI=1S/C27H42O10/c1-14(11-15(2)9-10-28)7-8-20(29)17(4)22(31)12-21(30)16(3)19(6)36-24(33)13-23(32)25-18(5)26(34)37-27(25)35/h10,14-17,19-21,23,29-30,32H,7-9,11-13H2,1-6H3. The summed E-state index contributed by atoms with van der Waals surface area (Å²) in [5, 5.41) is 31.2. The van der Waals surface area contributed by atoms with Gasteiger partial charge in [0.15, 0.2) is 0 Å². The molecule has 210 valence electrons. The third kappa shape index (κ3) is 10.1. The molecule has 0 aromatic heterocycles. The Kier molecular flexibility index (Phi) is 13.3. The zero-order chi connectivity index (χ0) is 28.4. The number of hydrogen-bond donors (Lipinski definition) is 3. The molecule has 0 bridgehead atoms. The second-order valence-electron chi connectivity index (χ2n) is 10.5. The van der Waals surface area contributed by atoms with Crippen LogP contribution < -0.4 is 0 Å². The molecule has 10 nitrogen and oxygen atoms in total. The lowest BCUT2D eigenvalue weighted by atomic mass is 9.86. The average molecular weight is 527 g/mol. The second kappa shape index (κ2) is 15.1. The third-order valence-corrected chi connectivity index (χ3v) is 7.23. The minimum Gasteiger partial charge on any atom is -0.462 e. The van der Waals surface area contributed by atoms with Gasteiger partial charge >= 0.3 is 17.9 Å². The number of aliphatic hydroxyl groups is 3. The molecule has 0 spiro atoms. The number of rotatable bonds is 17. The van der Waals surface area contributed by atoms with Crippen LogP contribution in [0, 0.1) is 23.7 Å². The minimum atomic E-state index is -1.57. The van der Waals surface area contributed by atoms with Gasteiger partial charge in [-0.15, -0.1) is 0 Å². The Balaban J connectivity index is 2.52. The van der Waals surface area contributed by atoms with Gasteiger partial charge in [-0.25, -0.2) is 9.59 Å². The molecule has 8 unspecified atom stereocenters. The van der Waals surface area contributed by atoms with Gasteiger partial charge < -0.3 is 29.6 Å². The molecule has 3 N–H and O–H groups in total. The van der Waals surface area contributed by atoms with Crippen molar-refractivity contribution in [1.29, 1.82) is 0 Å². The number of aldehydes is 1. The Hall–Kier alpha value is -2.43. The summed E-state index contributed by atoms with van der Waals surface area (Å²) in [5.41, 5.74) is -0.357. The summed E-state index contributed by atoms with van der Waals surface area (Å²) in [6, 6.07) is 0. The zero-order valence-corrected chi connectivity index (χ0v) is 22.6. The quantitative estimate of drug-likeness (QED) is 0.145. The molecule has 0 saturated heterocycles. The summed E-state index contributed by atoms with van der Waals surface area (Å²) >= 11 is 0. The lowest BCUT2D eigenvalue weighted by molar-refractivity contribution is -0.154. The molecule has 0 fully saturated rings. The largest absolute Gasteiger partial charge is 0.462 e. The topological polar surface area (TPSA) is 164 Å². The van der Waals surface area contributed by atoms with E-state index in [9.17, 15) is 39.3 Å². The second-order valence-corrected chi connectivity index (χ2v) is 10.5. The van der Waals surface area contributed by atoms with Gasteiger partial charge in [0.2, 0.25) is 0 Å². The molecule has 1 rings (SSSR count). The number of ketones is 1. The molecule has 1 aliphatic heterocycles. The van der Waals surface area contributed by atoms with Crippen LogP contribution in [-0.4, -0.2) is 69.7 Å². The molecule has 0 saturated carbocycles. The van der Waals surface area contributed by atoms with E-state index < -0.39 is 60.6 Å². The van der Waals surface area contributed by atoms with Gasteiger partial charge in [-0.1, -0.05) is 27.7 Å². The summed E-state index contributed by atoms with van der Waals surface area (Å²) in [6.07, 6.45) is -1.79. The van der Waals surface area contributed by atoms with Gasteiger partial charge in [-0.2, -0.15) is 0 Å². The van der Waals surface area contributed by atoms with E-state index in [1.807, 2.05) is 13.8 Å². The minimum absolute atomic E-state index is 0.0705. The zero-order valence-electron chi connectivity index (χ0n) is 22.6. The maximum Gasteiger partial charge on any atom is 0.345 e. The van der Waals surface area contributed by atoms with Crippen LogP contribution >= 0.6 is 0 Å². The Morgan fingerprint density at radius 1 is 0.919 bits per heavy atom. The highest BCUT2D eigenvalue weighted by Crippen LogP contribution is 2.25. The molecule has 1 heterocycles. The van der Waals surface area contributed by atoms with E-state index in [-0.39, 0.29) is 29.3 Å². The van der Waals surface area contributed by atoms with Gasteiger partial charge in [-0.05, 0) is 44.9 Å². The molecule has 0 aromatic rings. The van der Waals surface area contributed by atoms with E-state index in [0.717, 1.165) is 12.7 Å². The highest BCUT2D eigenvalue weighted by molar-refractivity contribution is 6.12.